The van der Waals surface area contributed by atoms with Crippen molar-refractivity contribution in [3.05, 3.63) is 0 Å². The highest BCUT2D eigenvalue weighted by Crippen LogP contribution is 2.26. The highest BCUT2D eigenvalue weighted by Gasteiger charge is 2.30. The Balaban J connectivity index is 1.52. The second-order valence-electron chi connectivity index (χ2n) is 6.74. The predicted octanol–water partition coefficient (Wildman–Crippen LogP) is 1.67. The Morgan fingerprint density at radius 3 is 2.72 bits per heavy atom. The fourth-order valence-electron chi connectivity index (χ4n) is 4.31. The average Bonchev–Trinajstić information content (AvgIpc) is 2.69. The lowest BCUT2D eigenvalue weighted by Crippen LogP contribution is -2.40. The molecule has 2 saturated heterocycles. The summed E-state index contributed by atoms with van der Waals surface area (Å²) in [6.07, 6.45) is 9.52. The number of fused-ring (bicyclic) bond motifs is 1. The van der Waals surface area contributed by atoms with Crippen molar-refractivity contribution >= 4 is 0 Å². The molecule has 3 aliphatic rings. The lowest BCUT2D eigenvalue weighted by Gasteiger charge is -2.32. The smallest absolute Gasteiger partial charge is 0.0223 e. The van der Waals surface area contributed by atoms with Gasteiger partial charge in [-0.15, -0.1) is 0 Å². The van der Waals surface area contributed by atoms with Crippen molar-refractivity contribution in [2.75, 3.05) is 32.7 Å². The Labute approximate surface area is 112 Å². The first-order valence-electron chi connectivity index (χ1n) is 8.03. The summed E-state index contributed by atoms with van der Waals surface area (Å²) in [5.74, 6) is 0.877. The zero-order chi connectivity index (χ0) is 12.4. The highest BCUT2D eigenvalue weighted by molar-refractivity contribution is 4.86. The fraction of sp³-hybridized carbons (Fsp3) is 1.00. The van der Waals surface area contributed by atoms with Crippen molar-refractivity contribution < 1.29 is 0 Å². The molecule has 3 unspecified atom stereocenters. The van der Waals surface area contributed by atoms with Crippen LogP contribution in [-0.2, 0) is 0 Å². The highest BCUT2D eigenvalue weighted by atomic mass is 15.3. The molecule has 3 atom stereocenters. The predicted molar refractivity (Wildman–Crippen MR) is 75.6 cm³/mol. The quantitative estimate of drug-likeness (QED) is 0.810. The van der Waals surface area contributed by atoms with Gasteiger partial charge in [-0.05, 0) is 64.1 Å². The average molecular weight is 251 g/mol. The second-order valence-corrected chi connectivity index (χ2v) is 6.74. The first-order chi connectivity index (χ1) is 8.81. The van der Waals surface area contributed by atoms with E-state index in [0.717, 1.165) is 12.0 Å². The molecule has 2 N–H and O–H groups in total. The van der Waals surface area contributed by atoms with E-state index in [2.05, 4.69) is 9.80 Å². The van der Waals surface area contributed by atoms with E-state index in [1.54, 1.807) is 0 Å². The Morgan fingerprint density at radius 1 is 0.944 bits per heavy atom. The Kier molecular flexibility index (Phi) is 4.22. The number of hydrogen-bond acceptors (Lipinski definition) is 3. The third-order valence-electron chi connectivity index (χ3n) is 5.23. The second kappa shape index (κ2) is 5.89. The van der Waals surface area contributed by atoms with Gasteiger partial charge < -0.3 is 10.6 Å². The Bertz CT molecular complexity index is 268. The van der Waals surface area contributed by atoms with Gasteiger partial charge in [-0.1, -0.05) is 6.42 Å². The molecule has 0 bridgehead atoms. The largest absolute Gasteiger partial charge is 0.328 e. The lowest BCUT2D eigenvalue weighted by atomic mass is 9.86. The summed E-state index contributed by atoms with van der Waals surface area (Å²) in [6, 6.07) is 1.35. The van der Waals surface area contributed by atoms with Crippen LogP contribution in [0, 0.1) is 5.92 Å². The molecule has 0 aromatic rings. The molecule has 3 heteroatoms. The monoisotopic (exact) mass is 251 g/mol. The minimum atomic E-state index is 0.485. The summed E-state index contributed by atoms with van der Waals surface area (Å²) in [4.78, 5) is 5.48. The zero-order valence-corrected chi connectivity index (χ0v) is 11.7. The standard InChI is InChI=1S/C15H29N3/c16-14-5-1-4-13(10-14)11-17-7-3-9-18-8-2-6-15(18)12-17/h13-15H,1-12,16H2. The van der Waals surface area contributed by atoms with Gasteiger partial charge in [-0.2, -0.15) is 0 Å². The maximum atomic E-state index is 6.12. The van der Waals surface area contributed by atoms with Crippen LogP contribution in [0.5, 0.6) is 0 Å². The summed E-state index contributed by atoms with van der Waals surface area (Å²) in [7, 11) is 0. The normalized spacial score (nSPS) is 39.5. The van der Waals surface area contributed by atoms with E-state index in [1.807, 2.05) is 0 Å². The minimum absolute atomic E-state index is 0.485. The molecule has 2 heterocycles. The first-order valence-corrected chi connectivity index (χ1v) is 8.03. The van der Waals surface area contributed by atoms with Crippen LogP contribution in [0.4, 0.5) is 0 Å². The van der Waals surface area contributed by atoms with E-state index in [-0.39, 0.29) is 0 Å². The van der Waals surface area contributed by atoms with E-state index < -0.39 is 0 Å². The van der Waals surface area contributed by atoms with Crippen LogP contribution >= 0.6 is 0 Å². The van der Waals surface area contributed by atoms with Gasteiger partial charge in [0.25, 0.3) is 0 Å². The Morgan fingerprint density at radius 2 is 1.83 bits per heavy atom. The minimum Gasteiger partial charge on any atom is -0.328 e. The summed E-state index contributed by atoms with van der Waals surface area (Å²) < 4.78 is 0. The van der Waals surface area contributed by atoms with E-state index in [0.29, 0.717) is 6.04 Å². The Hall–Kier alpha value is -0.120. The molecule has 0 amide bonds. The van der Waals surface area contributed by atoms with Crippen LogP contribution in [0.1, 0.15) is 44.9 Å². The molecular formula is C15H29N3. The zero-order valence-electron chi connectivity index (χ0n) is 11.7. The van der Waals surface area contributed by atoms with Gasteiger partial charge in [0.05, 0.1) is 0 Å². The maximum Gasteiger partial charge on any atom is 0.0223 e. The molecule has 0 spiro atoms. The van der Waals surface area contributed by atoms with Crippen LogP contribution in [0.25, 0.3) is 0 Å². The van der Waals surface area contributed by atoms with E-state index in [4.69, 9.17) is 5.73 Å². The number of nitrogens with two attached hydrogens (primary N) is 1. The van der Waals surface area contributed by atoms with Crippen molar-refractivity contribution in [1.82, 2.24) is 9.80 Å². The molecule has 1 aliphatic carbocycles. The van der Waals surface area contributed by atoms with Crippen molar-refractivity contribution in [2.45, 2.75) is 57.0 Å². The molecule has 0 radical (unpaired) electrons. The molecule has 2 aliphatic heterocycles. The summed E-state index contributed by atoms with van der Waals surface area (Å²) in [5, 5.41) is 0. The SMILES string of the molecule is NC1CCCC(CN2CCCN3CCCC3C2)C1. The van der Waals surface area contributed by atoms with E-state index in [9.17, 15) is 0 Å². The van der Waals surface area contributed by atoms with Crippen LogP contribution in [0.2, 0.25) is 0 Å². The van der Waals surface area contributed by atoms with Gasteiger partial charge in [0, 0.05) is 25.2 Å². The first kappa shape index (κ1) is 12.9. The molecular weight excluding hydrogens is 222 g/mol. The lowest BCUT2D eigenvalue weighted by molar-refractivity contribution is 0.174. The van der Waals surface area contributed by atoms with Crippen molar-refractivity contribution in [1.29, 1.82) is 0 Å². The molecule has 3 nitrogen and oxygen atoms in total. The van der Waals surface area contributed by atoms with Crippen molar-refractivity contribution in [2.24, 2.45) is 11.7 Å². The number of rotatable bonds is 2. The van der Waals surface area contributed by atoms with Gasteiger partial charge in [-0.25, -0.2) is 0 Å². The molecule has 18 heavy (non-hydrogen) atoms. The van der Waals surface area contributed by atoms with E-state index in [1.165, 1.54) is 77.7 Å². The molecule has 3 rings (SSSR count). The topological polar surface area (TPSA) is 32.5 Å². The van der Waals surface area contributed by atoms with Gasteiger partial charge in [0.2, 0.25) is 0 Å². The summed E-state index contributed by atoms with van der Waals surface area (Å²) in [6.45, 7) is 6.65. The van der Waals surface area contributed by atoms with Crippen molar-refractivity contribution in [3.8, 4) is 0 Å². The summed E-state index contributed by atoms with van der Waals surface area (Å²) >= 11 is 0. The summed E-state index contributed by atoms with van der Waals surface area (Å²) in [5.41, 5.74) is 6.12. The maximum absolute atomic E-state index is 6.12. The van der Waals surface area contributed by atoms with Gasteiger partial charge in [0.15, 0.2) is 0 Å². The molecule has 3 fully saturated rings. The third kappa shape index (κ3) is 3.06. The van der Waals surface area contributed by atoms with Gasteiger partial charge >= 0.3 is 0 Å². The number of nitrogens with zero attached hydrogens (tertiary/aromatic N) is 2. The van der Waals surface area contributed by atoms with Crippen LogP contribution in [-0.4, -0.2) is 54.6 Å². The van der Waals surface area contributed by atoms with E-state index >= 15 is 0 Å². The van der Waals surface area contributed by atoms with Gasteiger partial charge in [0.1, 0.15) is 0 Å². The molecule has 104 valence electrons. The van der Waals surface area contributed by atoms with Gasteiger partial charge in [-0.3, -0.25) is 4.90 Å². The van der Waals surface area contributed by atoms with Crippen LogP contribution in [0.3, 0.4) is 0 Å². The van der Waals surface area contributed by atoms with Crippen molar-refractivity contribution in [3.63, 3.8) is 0 Å². The van der Waals surface area contributed by atoms with Crippen LogP contribution in [0.15, 0.2) is 0 Å². The molecule has 1 saturated carbocycles. The fourth-order valence-corrected chi connectivity index (χ4v) is 4.31. The third-order valence-corrected chi connectivity index (χ3v) is 5.23. The molecule has 0 aromatic heterocycles. The van der Waals surface area contributed by atoms with Crippen LogP contribution < -0.4 is 5.73 Å². The number of hydrogen-bond donors (Lipinski definition) is 1. The molecule has 0 aromatic carbocycles.